The summed E-state index contributed by atoms with van der Waals surface area (Å²) < 4.78 is 17.4. The number of unbranched alkanes of at least 4 members (excludes halogenated alkanes) is 6. The van der Waals surface area contributed by atoms with Gasteiger partial charge in [0.05, 0.1) is 20.3 Å². The summed E-state index contributed by atoms with van der Waals surface area (Å²) in [6.45, 7) is 3.64. The van der Waals surface area contributed by atoms with Crippen LogP contribution in [0.4, 0.5) is 0 Å². The zero-order valence-electron chi connectivity index (χ0n) is 16.8. The first-order valence-electron chi connectivity index (χ1n) is 10.2. The number of hydrogen-bond acceptors (Lipinski definition) is 3. The van der Waals surface area contributed by atoms with Crippen molar-refractivity contribution in [1.29, 1.82) is 0 Å². The summed E-state index contributed by atoms with van der Waals surface area (Å²) in [6, 6.07) is 10.2. The van der Waals surface area contributed by atoms with Crippen LogP contribution in [-0.2, 0) is 0 Å². The van der Waals surface area contributed by atoms with Crippen LogP contribution in [0.15, 0.2) is 30.3 Å². The van der Waals surface area contributed by atoms with Crippen LogP contribution in [0.5, 0.6) is 17.2 Å². The fraction of sp³-hybridized carbons (Fsp3) is 0.565. The second kappa shape index (κ2) is 12.7. The third-order valence-corrected chi connectivity index (χ3v) is 4.93. The average molecular weight is 393 g/mol. The second-order valence-electron chi connectivity index (χ2n) is 6.84. The number of alkyl halides is 1. The van der Waals surface area contributed by atoms with E-state index >= 15 is 0 Å². The number of rotatable bonds is 14. The number of benzene rings is 2. The van der Waals surface area contributed by atoms with Gasteiger partial charge in [-0.3, -0.25) is 0 Å². The van der Waals surface area contributed by atoms with E-state index < -0.39 is 0 Å². The summed E-state index contributed by atoms with van der Waals surface area (Å²) in [6.07, 6.45) is 9.31. The predicted molar refractivity (Wildman–Crippen MR) is 115 cm³/mol. The molecule has 3 nitrogen and oxygen atoms in total. The van der Waals surface area contributed by atoms with Crippen LogP contribution in [0.25, 0.3) is 10.8 Å². The molecule has 2 rings (SSSR count). The molecule has 0 bridgehead atoms. The smallest absolute Gasteiger partial charge is 0.168 e. The van der Waals surface area contributed by atoms with Crippen LogP contribution in [-0.4, -0.2) is 26.2 Å². The molecule has 0 saturated carbocycles. The minimum atomic E-state index is 0.718. The van der Waals surface area contributed by atoms with E-state index in [0.717, 1.165) is 72.8 Å². The molecule has 0 saturated heterocycles. The summed E-state index contributed by atoms with van der Waals surface area (Å²) in [7, 11) is 1.70. The normalized spacial score (nSPS) is 10.9. The van der Waals surface area contributed by atoms with Gasteiger partial charge in [-0.05, 0) is 48.9 Å². The van der Waals surface area contributed by atoms with Gasteiger partial charge in [0.1, 0.15) is 5.75 Å². The molecule has 27 heavy (non-hydrogen) atoms. The van der Waals surface area contributed by atoms with Gasteiger partial charge in [-0.2, -0.15) is 0 Å². The zero-order chi connectivity index (χ0) is 19.3. The van der Waals surface area contributed by atoms with E-state index in [9.17, 15) is 0 Å². The Kier molecular flexibility index (Phi) is 10.2. The van der Waals surface area contributed by atoms with Gasteiger partial charge >= 0.3 is 0 Å². The summed E-state index contributed by atoms with van der Waals surface area (Å²) in [5.74, 6) is 3.29. The molecule has 2 aromatic rings. The van der Waals surface area contributed by atoms with Gasteiger partial charge in [-0.15, -0.1) is 11.6 Å². The highest BCUT2D eigenvalue weighted by Gasteiger charge is 2.10. The van der Waals surface area contributed by atoms with Crippen LogP contribution < -0.4 is 14.2 Å². The van der Waals surface area contributed by atoms with E-state index in [1.165, 1.54) is 25.7 Å². The predicted octanol–water partition coefficient (Wildman–Crippen LogP) is 6.99. The minimum Gasteiger partial charge on any atom is -0.494 e. The van der Waals surface area contributed by atoms with Crippen molar-refractivity contribution in [3.8, 4) is 17.2 Å². The fourth-order valence-corrected chi connectivity index (χ4v) is 3.28. The number of methoxy groups -OCH3 is 1. The van der Waals surface area contributed by atoms with Crippen molar-refractivity contribution in [1.82, 2.24) is 0 Å². The molecular weight excluding hydrogens is 360 g/mol. The van der Waals surface area contributed by atoms with Gasteiger partial charge < -0.3 is 14.2 Å². The van der Waals surface area contributed by atoms with E-state index in [-0.39, 0.29) is 0 Å². The van der Waals surface area contributed by atoms with Gasteiger partial charge in [0.15, 0.2) is 11.5 Å². The molecule has 0 atom stereocenters. The Labute approximate surface area is 169 Å². The maximum Gasteiger partial charge on any atom is 0.168 e. The highest BCUT2D eigenvalue weighted by molar-refractivity contribution is 6.17. The highest BCUT2D eigenvalue weighted by atomic mass is 35.5. The molecule has 0 radical (unpaired) electrons. The Balaban J connectivity index is 1.90. The summed E-state index contributed by atoms with van der Waals surface area (Å²) >= 11 is 5.70. The second-order valence-corrected chi connectivity index (χ2v) is 7.22. The Morgan fingerprint density at radius 2 is 1.56 bits per heavy atom. The van der Waals surface area contributed by atoms with Gasteiger partial charge in [0.25, 0.3) is 0 Å². The maximum atomic E-state index is 6.00. The molecule has 2 aromatic carbocycles. The third-order valence-electron chi connectivity index (χ3n) is 4.66. The van der Waals surface area contributed by atoms with Crippen molar-refractivity contribution in [3.63, 3.8) is 0 Å². The van der Waals surface area contributed by atoms with E-state index in [4.69, 9.17) is 25.8 Å². The maximum absolute atomic E-state index is 6.00. The molecule has 0 aliphatic carbocycles. The van der Waals surface area contributed by atoms with E-state index in [1.807, 2.05) is 12.1 Å². The lowest BCUT2D eigenvalue weighted by Crippen LogP contribution is -2.00. The minimum absolute atomic E-state index is 0.718. The molecular formula is C23H33ClO3. The van der Waals surface area contributed by atoms with Crippen molar-refractivity contribution in [3.05, 3.63) is 30.3 Å². The standard InChI is InChI=1S/C23H33ClO3/c1-3-4-16-26-20-12-13-21-19(18-20)11-14-22(23(21)25-2)27-17-10-8-6-5-7-9-15-24/h11-14,18H,3-10,15-17H2,1-2H3. The van der Waals surface area contributed by atoms with Crippen molar-refractivity contribution >= 4 is 22.4 Å². The van der Waals surface area contributed by atoms with Crippen molar-refractivity contribution < 1.29 is 14.2 Å². The zero-order valence-corrected chi connectivity index (χ0v) is 17.5. The number of hydrogen-bond donors (Lipinski definition) is 0. The SMILES string of the molecule is CCCCOc1ccc2c(OC)c(OCCCCCCCCCl)ccc2c1. The molecule has 0 spiro atoms. The Morgan fingerprint density at radius 3 is 2.30 bits per heavy atom. The molecule has 0 aromatic heterocycles. The van der Waals surface area contributed by atoms with Crippen LogP contribution in [0.2, 0.25) is 0 Å². The van der Waals surface area contributed by atoms with Gasteiger partial charge in [0.2, 0.25) is 0 Å². The van der Waals surface area contributed by atoms with Crippen LogP contribution in [0.3, 0.4) is 0 Å². The van der Waals surface area contributed by atoms with E-state index in [0.29, 0.717) is 0 Å². The highest BCUT2D eigenvalue weighted by Crippen LogP contribution is 2.37. The molecule has 150 valence electrons. The Hall–Kier alpha value is -1.61. The molecule has 0 aliphatic heterocycles. The average Bonchev–Trinajstić information content (AvgIpc) is 2.69. The van der Waals surface area contributed by atoms with Crippen molar-refractivity contribution in [2.45, 2.75) is 58.3 Å². The molecule has 0 heterocycles. The van der Waals surface area contributed by atoms with Gasteiger partial charge in [-0.1, -0.05) is 45.1 Å². The lowest BCUT2D eigenvalue weighted by atomic mass is 10.1. The van der Waals surface area contributed by atoms with E-state index in [2.05, 4.69) is 25.1 Å². The largest absolute Gasteiger partial charge is 0.494 e. The van der Waals surface area contributed by atoms with Gasteiger partial charge in [-0.25, -0.2) is 0 Å². The molecule has 4 heteroatoms. The number of ether oxygens (including phenoxy) is 3. The van der Waals surface area contributed by atoms with Crippen molar-refractivity contribution in [2.24, 2.45) is 0 Å². The Bertz CT molecular complexity index is 672. The van der Waals surface area contributed by atoms with Crippen LogP contribution in [0.1, 0.15) is 58.3 Å². The molecule has 0 fully saturated rings. The monoisotopic (exact) mass is 392 g/mol. The van der Waals surface area contributed by atoms with Crippen LogP contribution in [0, 0.1) is 0 Å². The Morgan fingerprint density at radius 1 is 0.815 bits per heavy atom. The first-order valence-corrected chi connectivity index (χ1v) is 10.8. The fourth-order valence-electron chi connectivity index (χ4n) is 3.09. The summed E-state index contributed by atoms with van der Waals surface area (Å²) in [5.41, 5.74) is 0. The number of fused-ring (bicyclic) bond motifs is 1. The molecule has 0 aliphatic rings. The molecule has 0 N–H and O–H groups in total. The van der Waals surface area contributed by atoms with E-state index in [1.54, 1.807) is 7.11 Å². The van der Waals surface area contributed by atoms with Crippen molar-refractivity contribution in [2.75, 3.05) is 26.2 Å². The first kappa shape index (κ1) is 21.7. The quantitative estimate of drug-likeness (QED) is 0.256. The molecule has 0 amide bonds. The van der Waals surface area contributed by atoms with Gasteiger partial charge in [0, 0.05) is 11.3 Å². The summed E-state index contributed by atoms with van der Waals surface area (Å²) in [5, 5.41) is 2.16. The topological polar surface area (TPSA) is 27.7 Å². The first-order chi connectivity index (χ1) is 13.3. The lowest BCUT2D eigenvalue weighted by Gasteiger charge is -2.14. The number of halogens is 1. The van der Waals surface area contributed by atoms with Crippen LogP contribution >= 0.6 is 11.6 Å². The summed E-state index contributed by atoms with van der Waals surface area (Å²) in [4.78, 5) is 0. The lowest BCUT2D eigenvalue weighted by molar-refractivity contribution is 0.286. The molecule has 0 unspecified atom stereocenters. The third kappa shape index (κ3) is 7.14.